The molecule has 0 aromatic carbocycles. The molecule has 1 N–H and O–H groups in total. The number of carbonyl (C=O) groups is 1. The first-order valence-electron chi connectivity index (χ1n) is 7.89. The molecule has 1 aliphatic heterocycles. The van der Waals surface area contributed by atoms with E-state index >= 15 is 0 Å². The van der Waals surface area contributed by atoms with Crippen molar-refractivity contribution in [1.82, 2.24) is 14.7 Å². The molecule has 136 valence electrons. The van der Waals surface area contributed by atoms with Crippen molar-refractivity contribution in [2.24, 2.45) is 0 Å². The summed E-state index contributed by atoms with van der Waals surface area (Å²) >= 11 is 0. The highest BCUT2D eigenvalue weighted by molar-refractivity contribution is 5.73. The van der Waals surface area contributed by atoms with Crippen molar-refractivity contribution in [3.05, 3.63) is 18.0 Å². The van der Waals surface area contributed by atoms with E-state index in [4.69, 9.17) is 14.6 Å². The predicted octanol–water partition coefficient (Wildman–Crippen LogP) is 2.29. The van der Waals surface area contributed by atoms with Gasteiger partial charge in [0.25, 0.3) is 0 Å². The monoisotopic (exact) mass is 349 g/mol. The number of nitrogens with zero attached hydrogens (tertiary/aromatic N) is 3. The Kier molecular flexibility index (Phi) is 6.22. The van der Waals surface area contributed by atoms with Gasteiger partial charge < -0.3 is 9.84 Å². The second-order valence-electron chi connectivity index (χ2n) is 6.03. The Morgan fingerprint density at radius 2 is 1.96 bits per heavy atom. The minimum absolute atomic E-state index is 0.275. The quantitative estimate of drug-likeness (QED) is 0.887. The fraction of sp³-hybridized carbons (Fsp3) is 0.733. The highest BCUT2D eigenvalue weighted by atomic mass is 19.4. The maximum Gasteiger partial charge on any atom is 0.490 e. The lowest BCUT2D eigenvalue weighted by molar-refractivity contribution is -0.192. The van der Waals surface area contributed by atoms with Gasteiger partial charge in [0.2, 0.25) is 0 Å². The van der Waals surface area contributed by atoms with Crippen molar-refractivity contribution in [1.29, 1.82) is 0 Å². The van der Waals surface area contributed by atoms with Crippen molar-refractivity contribution >= 4 is 5.97 Å². The van der Waals surface area contributed by atoms with Crippen LogP contribution in [-0.4, -0.2) is 57.7 Å². The van der Waals surface area contributed by atoms with Gasteiger partial charge >= 0.3 is 12.1 Å². The van der Waals surface area contributed by atoms with Crippen molar-refractivity contribution in [2.45, 2.75) is 57.1 Å². The van der Waals surface area contributed by atoms with Gasteiger partial charge in [0.05, 0.1) is 18.3 Å². The van der Waals surface area contributed by atoms with Gasteiger partial charge in [0, 0.05) is 32.4 Å². The van der Waals surface area contributed by atoms with Crippen LogP contribution in [0.3, 0.4) is 0 Å². The first kappa shape index (κ1) is 18.7. The van der Waals surface area contributed by atoms with Gasteiger partial charge in [-0.1, -0.05) is 12.8 Å². The Morgan fingerprint density at radius 3 is 2.50 bits per heavy atom. The fourth-order valence-corrected chi connectivity index (χ4v) is 3.14. The van der Waals surface area contributed by atoms with Gasteiger partial charge in [-0.3, -0.25) is 9.58 Å². The summed E-state index contributed by atoms with van der Waals surface area (Å²) in [5.74, 6) is -2.76. The highest BCUT2D eigenvalue weighted by Gasteiger charge is 2.38. The number of carboxylic acid groups (broad SMARTS) is 1. The molecule has 1 aliphatic carbocycles. The summed E-state index contributed by atoms with van der Waals surface area (Å²) in [6.45, 7) is 2.97. The minimum atomic E-state index is -5.08. The second kappa shape index (κ2) is 7.98. The first-order chi connectivity index (χ1) is 11.3. The molecular weight excluding hydrogens is 327 g/mol. The number of alkyl halides is 3. The lowest BCUT2D eigenvalue weighted by atomic mass is 10.2. The Hall–Kier alpha value is -1.61. The Labute approximate surface area is 138 Å². The van der Waals surface area contributed by atoms with Gasteiger partial charge in [-0.25, -0.2) is 4.79 Å². The average molecular weight is 349 g/mol. The number of ether oxygens (including phenoxy) is 1. The smallest absolute Gasteiger partial charge is 0.475 e. The van der Waals surface area contributed by atoms with Crippen molar-refractivity contribution in [3.8, 4) is 0 Å². The zero-order chi connectivity index (χ0) is 17.7. The molecule has 1 fully saturated rings. The molecule has 1 atom stereocenters. The third kappa shape index (κ3) is 4.94. The van der Waals surface area contributed by atoms with Crippen molar-refractivity contribution < 1.29 is 27.8 Å². The van der Waals surface area contributed by atoms with Gasteiger partial charge in [-0.2, -0.15) is 18.3 Å². The Bertz CT molecular complexity index is 542. The molecule has 3 rings (SSSR count). The Morgan fingerprint density at radius 1 is 1.33 bits per heavy atom. The van der Waals surface area contributed by atoms with Crippen LogP contribution in [0.2, 0.25) is 0 Å². The molecule has 0 saturated heterocycles. The van der Waals surface area contributed by atoms with E-state index in [9.17, 15) is 13.2 Å². The summed E-state index contributed by atoms with van der Waals surface area (Å²) in [6, 6.07) is 2.90. The summed E-state index contributed by atoms with van der Waals surface area (Å²) in [6.07, 6.45) is 2.57. The summed E-state index contributed by atoms with van der Waals surface area (Å²) in [4.78, 5) is 11.5. The van der Waals surface area contributed by atoms with Gasteiger partial charge in [-0.15, -0.1) is 0 Å². The maximum absolute atomic E-state index is 10.6. The van der Waals surface area contributed by atoms with Crippen LogP contribution in [0, 0.1) is 0 Å². The van der Waals surface area contributed by atoms with E-state index in [1.165, 1.54) is 31.4 Å². The third-order valence-corrected chi connectivity index (χ3v) is 4.40. The molecule has 24 heavy (non-hydrogen) atoms. The summed E-state index contributed by atoms with van der Waals surface area (Å²) in [7, 11) is 1.81. The molecule has 2 heterocycles. The van der Waals surface area contributed by atoms with Crippen LogP contribution in [0.15, 0.2) is 12.3 Å². The predicted molar refractivity (Wildman–Crippen MR) is 79.4 cm³/mol. The van der Waals surface area contributed by atoms with E-state index in [0.29, 0.717) is 0 Å². The van der Waals surface area contributed by atoms with Crippen LogP contribution in [0.1, 0.15) is 31.4 Å². The molecule has 0 spiro atoms. The minimum Gasteiger partial charge on any atom is -0.475 e. The SMILES string of the molecule is COC1CN(C2CCCC2)Cc2ccnn2C1.O=C(O)C(F)(F)F. The molecule has 0 bridgehead atoms. The topological polar surface area (TPSA) is 67.6 Å². The van der Waals surface area contributed by atoms with Crippen LogP contribution in [0.25, 0.3) is 0 Å². The van der Waals surface area contributed by atoms with E-state index in [0.717, 1.165) is 25.7 Å². The average Bonchev–Trinajstić information content (AvgIpc) is 3.15. The summed E-state index contributed by atoms with van der Waals surface area (Å²) in [5.41, 5.74) is 1.33. The second-order valence-corrected chi connectivity index (χ2v) is 6.03. The molecule has 9 heteroatoms. The van der Waals surface area contributed by atoms with E-state index in [1.54, 1.807) is 0 Å². The van der Waals surface area contributed by atoms with Crippen LogP contribution >= 0.6 is 0 Å². The van der Waals surface area contributed by atoms with Crippen LogP contribution < -0.4 is 0 Å². The number of hydrogen-bond acceptors (Lipinski definition) is 4. The zero-order valence-corrected chi connectivity index (χ0v) is 13.5. The summed E-state index contributed by atoms with van der Waals surface area (Å²) in [5, 5.41) is 11.5. The lowest BCUT2D eigenvalue weighted by Crippen LogP contribution is -2.38. The van der Waals surface area contributed by atoms with E-state index < -0.39 is 12.1 Å². The molecule has 2 aliphatic rings. The standard InChI is InChI=1S/C13H21N3O.C2HF3O2/c1-17-13-9-15(11-4-2-3-5-11)8-12-6-7-14-16(12)10-13;3-2(4,5)1(6)7/h6-7,11,13H,2-5,8-10H2,1H3;(H,6,7). The third-order valence-electron chi connectivity index (χ3n) is 4.40. The Balaban J connectivity index is 0.000000256. The molecule has 1 saturated carbocycles. The maximum atomic E-state index is 10.6. The number of carboxylic acids is 1. The molecule has 0 radical (unpaired) electrons. The molecule has 0 amide bonds. The van der Waals surface area contributed by atoms with E-state index in [-0.39, 0.29) is 6.10 Å². The highest BCUT2D eigenvalue weighted by Crippen LogP contribution is 2.26. The number of aromatic nitrogens is 2. The largest absolute Gasteiger partial charge is 0.490 e. The first-order valence-corrected chi connectivity index (χ1v) is 7.89. The zero-order valence-electron chi connectivity index (χ0n) is 13.5. The van der Waals surface area contributed by atoms with Crippen molar-refractivity contribution in [3.63, 3.8) is 0 Å². The number of aliphatic carboxylic acids is 1. The number of fused-ring (bicyclic) bond motifs is 1. The van der Waals surface area contributed by atoms with E-state index in [2.05, 4.69) is 20.7 Å². The molecule has 1 aromatic heterocycles. The fourth-order valence-electron chi connectivity index (χ4n) is 3.14. The van der Waals surface area contributed by atoms with E-state index in [1.807, 2.05) is 13.3 Å². The normalized spacial score (nSPS) is 22.4. The molecular formula is C15H22F3N3O3. The summed E-state index contributed by atoms with van der Waals surface area (Å²) < 4.78 is 39.4. The van der Waals surface area contributed by atoms with Gasteiger partial charge in [0.1, 0.15) is 0 Å². The molecule has 1 unspecified atom stereocenters. The van der Waals surface area contributed by atoms with Gasteiger partial charge in [-0.05, 0) is 18.9 Å². The number of rotatable bonds is 2. The van der Waals surface area contributed by atoms with Gasteiger partial charge in [0.15, 0.2) is 0 Å². The van der Waals surface area contributed by atoms with Crippen LogP contribution in [0.4, 0.5) is 13.2 Å². The number of methoxy groups -OCH3 is 1. The lowest BCUT2D eigenvalue weighted by Gasteiger charge is -2.28. The van der Waals surface area contributed by atoms with Crippen molar-refractivity contribution in [2.75, 3.05) is 13.7 Å². The number of hydrogen-bond donors (Lipinski definition) is 1. The van der Waals surface area contributed by atoms with Crippen LogP contribution in [0.5, 0.6) is 0 Å². The number of halogens is 3. The van der Waals surface area contributed by atoms with Crippen LogP contribution in [-0.2, 0) is 22.6 Å². The molecule has 6 nitrogen and oxygen atoms in total. The molecule has 1 aromatic rings.